The van der Waals surface area contributed by atoms with Crippen molar-refractivity contribution < 1.29 is 9.59 Å². The summed E-state index contributed by atoms with van der Waals surface area (Å²) in [5, 5.41) is 2.76. The first-order chi connectivity index (χ1) is 10.2. The van der Waals surface area contributed by atoms with Crippen LogP contribution in [-0.4, -0.2) is 35.8 Å². The maximum absolute atomic E-state index is 12.3. The van der Waals surface area contributed by atoms with Crippen molar-refractivity contribution in [1.29, 1.82) is 0 Å². The summed E-state index contributed by atoms with van der Waals surface area (Å²) >= 11 is 0. The van der Waals surface area contributed by atoms with Gasteiger partial charge in [0.2, 0.25) is 11.8 Å². The zero-order valence-electron chi connectivity index (χ0n) is 12.0. The topological polar surface area (TPSA) is 49.4 Å². The Kier molecular flexibility index (Phi) is 4.04. The Morgan fingerprint density at radius 1 is 1.14 bits per heavy atom. The van der Waals surface area contributed by atoms with E-state index in [0.29, 0.717) is 12.8 Å². The smallest absolute Gasteiger partial charge is 0.245 e. The van der Waals surface area contributed by atoms with Crippen LogP contribution in [0.5, 0.6) is 0 Å². The van der Waals surface area contributed by atoms with E-state index in [2.05, 4.69) is 23.5 Å². The Hall–Kier alpha value is -2.10. The molecule has 1 atom stereocenters. The zero-order chi connectivity index (χ0) is 14.7. The molecule has 0 unspecified atom stereocenters. The van der Waals surface area contributed by atoms with Gasteiger partial charge in [-0.2, -0.15) is 0 Å². The molecule has 110 valence electrons. The Bertz CT molecular complexity index is 555. The van der Waals surface area contributed by atoms with Gasteiger partial charge in [-0.05, 0) is 24.8 Å². The summed E-state index contributed by atoms with van der Waals surface area (Å²) in [4.78, 5) is 25.4. The van der Waals surface area contributed by atoms with Crippen LogP contribution >= 0.6 is 0 Å². The number of nitrogens with one attached hydrogen (secondary N) is 1. The van der Waals surface area contributed by atoms with Gasteiger partial charge in [-0.1, -0.05) is 42.0 Å². The van der Waals surface area contributed by atoms with Gasteiger partial charge < -0.3 is 10.2 Å². The highest BCUT2D eigenvalue weighted by Gasteiger charge is 2.31. The molecular weight excluding hydrogens is 264 g/mol. The van der Waals surface area contributed by atoms with Crippen LogP contribution in [-0.2, 0) is 9.59 Å². The molecule has 1 aromatic rings. The maximum atomic E-state index is 12.3. The van der Waals surface area contributed by atoms with Gasteiger partial charge in [0.1, 0.15) is 6.04 Å². The van der Waals surface area contributed by atoms with E-state index in [9.17, 15) is 9.59 Å². The van der Waals surface area contributed by atoms with Crippen molar-refractivity contribution in [3.63, 3.8) is 0 Å². The molecule has 2 saturated heterocycles. The van der Waals surface area contributed by atoms with Crippen LogP contribution in [0, 0.1) is 0 Å². The quantitative estimate of drug-likeness (QED) is 0.902. The molecule has 2 aliphatic rings. The first kappa shape index (κ1) is 13.9. The van der Waals surface area contributed by atoms with Crippen LogP contribution in [0.15, 0.2) is 35.9 Å². The van der Waals surface area contributed by atoms with E-state index in [0.717, 1.165) is 25.9 Å². The molecule has 0 aliphatic carbocycles. The lowest BCUT2D eigenvalue weighted by molar-refractivity contribution is -0.134. The average Bonchev–Trinajstić information content (AvgIpc) is 2.95. The predicted molar refractivity (Wildman–Crippen MR) is 81.4 cm³/mol. The highest BCUT2D eigenvalue weighted by molar-refractivity contribution is 5.90. The van der Waals surface area contributed by atoms with Crippen LogP contribution in [0.3, 0.4) is 0 Å². The van der Waals surface area contributed by atoms with E-state index in [1.807, 2.05) is 23.1 Å². The van der Waals surface area contributed by atoms with E-state index in [1.54, 1.807) is 0 Å². The number of carbonyl (C=O) groups excluding carboxylic acids is 2. The lowest BCUT2D eigenvalue weighted by Crippen LogP contribution is -2.46. The van der Waals surface area contributed by atoms with Crippen molar-refractivity contribution >= 4 is 17.9 Å². The maximum Gasteiger partial charge on any atom is 0.245 e. The van der Waals surface area contributed by atoms with Crippen LogP contribution < -0.4 is 5.32 Å². The molecule has 1 aromatic carbocycles. The lowest BCUT2D eigenvalue weighted by Gasteiger charge is -2.30. The van der Waals surface area contributed by atoms with Gasteiger partial charge >= 0.3 is 0 Å². The molecule has 0 radical (unpaired) electrons. The molecule has 1 N–H and O–H groups in total. The summed E-state index contributed by atoms with van der Waals surface area (Å²) in [6, 6.07) is 9.98. The number of hydrogen-bond donors (Lipinski definition) is 1. The number of hydrogen-bond acceptors (Lipinski definition) is 2. The van der Waals surface area contributed by atoms with Crippen molar-refractivity contribution in [3.05, 3.63) is 41.5 Å². The molecule has 2 amide bonds. The molecule has 0 bridgehead atoms. The fraction of sp³-hybridized carbons (Fsp3) is 0.412. The molecule has 3 rings (SSSR count). The lowest BCUT2D eigenvalue weighted by atomic mass is 10.00. The van der Waals surface area contributed by atoms with E-state index >= 15 is 0 Å². The van der Waals surface area contributed by atoms with Gasteiger partial charge in [-0.25, -0.2) is 0 Å². The van der Waals surface area contributed by atoms with Crippen LogP contribution in [0.4, 0.5) is 0 Å². The number of carbonyl (C=O) groups is 2. The van der Waals surface area contributed by atoms with Gasteiger partial charge in [0.25, 0.3) is 0 Å². The highest BCUT2D eigenvalue weighted by Crippen LogP contribution is 2.21. The van der Waals surface area contributed by atoms with Crippen LogP contribution in [0.1, 0.15) is 31.2 Å². The molecule has 0 saturated carbocycles. The SMILES string of the molecule is O=C1CC[C@H](C(=O)N2CCC(=Cc3ccccc3)CC2)N1. The Balaban J connectivity index is 1.56. The van der Waals surface area contributed by atoms with Crippen LogP contribution in [0.25, 0.3) is 6.08 Å². The van der Waals surface area contributed by atoms with Gasteiger partial charge in [0.15, 0.2) is 0 Å². The first-order valence-electron chi connectivity index (χ1n) is 7.55. The second-order valence-corrected chi connectivity index (χ2v) is 5.70. The second kappa shape index (κ2) is 6.12. The fourth-order valence-electron chi connectivity index (χ4n) is 2.96. The Morgan fingerprint density at radius 2 is 1.86 bits per heavy atom. The van der Waals surface area contributed by atoms with E-state index < -0.39 is 0 Å². The third-order valence-corrected chi connectivity index (χ3v) is 4.18. The number of likely N-dealkylation sites (tertiary alicyclic amines) is 1. The summed E-state index contributed by atoms with van der Waals surface area (Å²) in [7, 11) is 0. The van der Waals surface area contributed by atoms with Gasteiger partial charge in [-0.15, -0.1) is 0 Å². The predicted octanol–water partition coefficient (Wildman–Crippen LogP) is 1.97. The van der Waals surface area contributed by atoms with Crippen molar-refractivity contribution in [1.82, 2.24) is 10.2 Å². The van der Waals surface area contributed by atoms with Gasteiger partial charge in [-0.3, -0.25) is 9.59 Å². The fourth-order valence-corrected chi connectivity index (χ4v) is 2.96. The monoisotopic (exact) mass is 284 g/mol. The summed E-state index contributed by atoms with van der Waals surface area (Å²) in [6.07, 6.45) is 5.17. The van der Waals surface area contributed by atoms with Gasteiger partial charge in [0, 0.05) is 19.5 Å². The van der Waals surface area contributed by atoms with Gasteiger partial charge in [0.05, 0.1) is 0 Å². The van der Waals surface area contributed by atoms with Crippen molar-refractivity contribution in [3.8, 4) is 0 Å². The molecule has 0 spiro atoms. The largest absolute Gasteiger partial charge is 0.344 e. The van der Waals surface area contributed by atoms with Crippen molar-refractivity contribution in [2.24, 2.45) is 0 Å². The third-order valence-electron chi connectivity index (χ3n) is 4.18. The summed E-state index contributed by atoms with van der Waals surface area (Å²) in [5.74, 6) is 0.0784. The first-order valence-corrected chi connectivity index (χ1v) is 7.55. The minimum absolute atomic E-state index is 0.00461. The summed E-state index contributed by atoms with van der Waals surface area (Å²) < 4.78 is 0. The number of rotatable bonds is 2. The minimum atomic E-state index is -0.294. The van der Waals surface area contributed by atoms with Crippen molar-refractivity contribution in [2.75, 3.05) is 13.1 Å². The van der Waals surface area contributed by atoms with E-state index in [-0.39, 0.29) is 17.9 Å². The molecule has 4 nitrogen and oxygen atoms in total. The van der Waals surface area contributed by atoms with E-state index in [4.69, 9.17) is 0 Å². The molecule has 2 heterocycles. The highest BCUT2D eigenvalue weighted by atomic mass is 16.2. The number of piperidine rings is 1. The van der Waals surface area contributed by atoms with E-state index in [1.165, 1.54) is 11.1 Å². The molecule has 4 heteroatoms. The summed E-state index contributed by atoms with van der Waals surface area (Å²) in [6.45, 7) is 1.51. The number of nitrogens with zero attached hydrogens (tertiary/aromatic N) is 1. The van der Waals surface area contributed by atoms with Crippen molar-refractivity contribution in [2.45, 2.75) is 31.7 Å². The normalized spacial score (nSPS) is 22.1. The third kappa shape index (κ3) is 3.32. The second-order valence-electron chi connectivity index (χ2n) is 5.70. The Morgan fingerprint density at radius 3 is 2.48 bits per heavy atom. The van der Waals surface area contributed by atoms with Crippen LogP contribution in [0.2, 0.25) is 0 Å². The average molecular weight is 284 g/mol. The molecular formula is C17H20N2O2. The molecule has 2 aliphatic heterocycles. The molecule has 21 heavy (non-hydrogen) atoms. The number of benzene rings is 1. The summed E-state index contributed by atoms with van der Waals surface area (Å²) in [5.41, 5.74) is 2.61. The standard InChI is InChI=1S/C17H20N2O2/c20-16-7-6-15(18-16)17(21)19-10-8-14(9-11-19)12-13-4-2-1-3-5-13/h1-5,12,15H,6-11H2,(H,18,20)/t15-/m1/s1. The molecule has 2 fully saturated rings. The minimum Gasteiger partial charge on any atom is -0.344 e. The molecule has 0 aromatic heterocycles. The number of amides is 2. The zero-order valence-corrected chi connectivity index (χ0v) is 12.0. The Labute approximate surface area is 124 Å².